The number of amides is 1. The average Bonchev–Trinajstić information content (AvgIpc) is 2.84. The van der Waals surface area contributed by atoms with Crippen molar-refractivity contribution in [3.63, 3.8) is 0 Å². The third-order valence-corrected chi connectivity index (χ3v) is 7.94. The fourth-order valence-corrected chi connectivity index (χ4v) is 5.33. The molecule has 4 rings (SSSR count). The second-order valence-corrected chi connectivity index (χ2v) is 10.4. The van der Waals surface area contributed by atoms with Crippen LogP contribution in [-0.4, -0.2) is 52.5 Å². The Morgan fingerprint density at radius 1 is 0.848 bits per heavy atom. The number of carbonyl (C=O) groups excluding carboxylic acids is 1. The van der Waals surface area contributed by atoms with Crippen molar-refractivity contribution in [3.8, 4) is 0 Å². The van der Waals surface area contributed by atoms with Crippen LogP contribution in [0.15, 0.2) is 77.7 Å². The molecule has 3 aromatic carbocycles. The zero-order valence-electron chi connectivity index (χ0n) is 19.2. The standard InChI is InChI=1S/C26H29N3O3S/c1-20-11-13-23(14-12-20)27(3)33(31,32)24-9-6-8-22(19-24)26(30)29-17-15-28(16-18-29)25-10-5-4-7-21(25)2/h4-14,19H,15-18H2,1-3H3. The number of aryl methyl sites for hydroxylation is 2. The van der Waals surface area contributed by atoms with E-state index in [2.05, 4.69) is 24.0 Å². The van der Waals surface area contributed by atoms with Gasteiger partial charge in [0.05, 0.1) is 10.6 Å². The van der Waals surface area contributed by atoms with Crippen molar-refractivity contribution in [2.75, 3.05) is 42.4 Å². The van der Waals surface area contributed by atoms with E-state index in [0.717, 1.165) is 18.7 Å². The van der Waals surface area contributed by atoms with E-state index in [4.69, 9.17) is 0 Å². The maximum atomic E-state index is 13.2. The maximum absolute atomic E-state index is 13.2. The summed E-state index contributed by atoms with van der Waals surface area (Å²) in [6, 6.07) is 21.9. The summed E-state index contributed by atoms with van der Waals surface area (Å²) in [5.74, 6) is -0.144. The first-order chi connectivity index (χ1) is 15.8. The van der Waals surface area contributed by atoms with Crippen LogP contribution in [0.5, 0.6) is 0 Å². The van der Waals surface area contributed by atoms with Gasteiger partial charge < -0.3 is 9.80 Å². The normalized spacial score (nSPS) is 14.3. The summed E-state index contributed by atoms with van der Waals surface area (Å²) in [5.41, 5.74) is 4.42. The number of carbonyl (C=O) groups is 1. The van der Waals surface area contributed by atoms with Crippen molar-refractivity contribution in [2.45, 2.75) is 18.7 Å². The van der Waals surface area contributed by atoms with Crippen molar-refractivity contribution < 1.29 is 13.2 Å². The lowest BCUT2D eigenvalue weighted by Gasteiger charge is -2.37. The SMILES string of the molecule is Cc1ccc(N(C)S(=O)(=O)c2cccc(C(=O)N3CCN(c4ccccc4C)CC3)c2)cc1. The molecule has 0 bridgehead atoms. The maximum Gasteiger partial charge on any atom is 0.264 e. The first kappa shape index (κ1) is 22.9. The van der Waals surface area contributed by atoms with Gasteiger partial charge in [-0.3, -0.25) is 9.10 Å². The molecule has 6 nitrogen and oxygen atoms in total. The number of piperazine rings is 1. The minimum atomic E-state index is -3.79. The van der Waals surface area contributed by atoms with Gasteiger partial charge in [-0.15, -0.1) is 0 Å². The monoisotopic (exact) mass is 463 g/mol. The summed E-state index contributed by atoms with van der Waals surface area (Å²) < 4.78 is 27.6. The summed E-state index contributed by atoms with van der Waals surface area (Å²) in [7, 11) is -2.26. The summed E-state index contributed by atoms with van der Waals surface area (Å²) in [6.07, 6.45) is 0. The van der Waals surface area contributed by atoms with Crippen LogP contribution in [0.3, 0.4) is 0 Å². The van der Waals surface area contributed by atoms with E-state index >= 15 is 0 Å². The number of hydrogen-bond acceptors (Lipinski definition) is 4. The Morgan fingerprint density at radius 2 is 1.52 bits per heavy atom. The molecule has 0 atom stereocenters. The van der Waals surface area contributed by atoms with Gasteiger partial charge >= 0.3 is 0 Å². The Labute approximate surface area is 196 Å². The van der Waals surface area contributed by atoms with Crippen LogP contribution in [0.1, 0.15) is 21.5 Å². The summed E-state index contributed by atoms with van der Waals surface area (Å²) >= 11 is 0. The predicted octanol–water partition coefficient (Wildman–Crippen LogP) is 4.09. The van der Waals surface area contributed by atoms with Gasteiger partial charge in [0.25, 0.3) is 15.9 Å². The Balaban J connectivity index is 1.49. The quantitative estimate of drug-likeness (QED) is 0.572. The number of rotatable bonds is 5. The highest BCUT2D eigenvalue weighted by Gasteiger charge is 2.26. The van der Waals surface area contributed by atoms with Gasteiger partial charge in [-0.2, -0.15) is 0 Å². The molecule has 0 aromatic heterocycles. The Kier molecular flexibility index (Phi) is 6.42. The molecular weight excluding hydrogens is 434 g/mol. The van der Waals surface area contributed by atoms with Gasteiger partial charge in [-0.25, -0.2) is 8.42 Å². The lowest BCUT2D eigenvalue weighted by atomic mass is 10.1. The number of benzene rings is 3. The van der Waals surface area contributed by atoms with Crippen molar-refractivity contribution in [1.82, 2.24) is 4.90 Å². The van der Waals surface area contributed by atoms with Crippen LogP contribution in [0, 0.1) is 13.8 Å². The van der Waals surface area contributed by atoms with Gasteiger partial charge in [0, 0.05) is 44.5 Å². The van der Waals surface area contributed by atoms with E-state index in [1.807, 2.05) is 31.2 Å². The van der Waals surface area contributed by atoms with Crippen LogP contribution in [-0.2, 0) is 10.0 Å². The molecular formula is C26H29N3O3S. The van der Waals surface area contributed by atoms with Crippen molar-refractivity contribution in [2.24, 2.45) is 0 Å². The molecule has 1 amide bonds. The molecule has 0 radical (unpaired) electrons. The van der Waals surface area contributed by atoms with E-state index in [1.54, 1.807) is 29.2 Å². The highest BCUT2D eigenvalue weighted by atomic mass is 32.2. The molecule has 0 aliphatic carbocycles. The Hall–Kier alpha value is -3.32. The van der Waals surface area contributed by atoms with Gasteiger partial charge in [0.1, 0.15) is 0 Å². The zero-order chi connectivity index (χ0) is 23.6. The number of anilines is 2. The molecule has 1 aliphatic rings. The van der Waals surface area contributed by atoms with Crippen molar-refractivity contribution >= 4 is 27.3 Å². The molecule has 33 heavy (non-hydrogen) atoms. The van der Waals surface area contributed by atoms with Crippen LogP contribution < -0.4 is 9.21 Å². The lowest BCUT2D eigenvalue weighted by molar-refractivity contribution is 0.0746. The fraction of sp³-hybridized carbons (Fsp3) is 0.269. The molecule has 1 aliphatic heterocycles. The third-order valence-electron chi connectivity index (χ3n) is 6.16. The number of para-hydroxylation sites is 1. The molecule has 0 spiro atoms. The van der Waals surface area contributed by atoms with Gasteiger partial charge in [0.15, 0.2) is 0 Å². The third kappa shape index (κ3) is 4.73. The first-order valence-corrected chi connectivity index (χ1v) is 12.5. The molecule has 0 N–H and O–H groups in total. The van der Waals surface area contributed by atoms with Gasteiger partial charge in [-0.05, 0) is 55.8 Å². The summed E-state index contributed by atoms with van der Waals surface area (Å²) in [5, 5.41) is 0. The lowest BCUT2D eigenvalue weighted by Crippen LogP contribution is -2.49. The van der Waals surface area contributed by atoms with Gasteiger partial charge in [-0.1, -0.05) is 42.0 Å². The number of nitrogens with zero attached hydrogens (tertiary/aromatic N) is 3. The van der Waals surface area contributed by atoms with E-state index in [-0.39, 0.29) is 10.8 Å². The molecule has 0 saturated carbocycles. The molecule has 172 valence electrons. The number of hydrogen-bond donors (Lipinski definition) is 0. The van der Waals surface area contributed by atoms with Crippen LogP contribution in [0.2, 0.25) is 0 Å². The minimum Gasteiger partial charge on any atom is -0.368 e. The molecule has 1 fully saturated rings. The second-order valence-electron chi connectivity index (χ2n) is 8.40. The Morgan fingerprint density at radius 3 is 2.18 bits per heavy atom. The van der Waals surface area contributed by atoms with E-state index in [0.29, 0.717) is 24.3 Å². The van der Waals surface area contributed by atoms with Crippen LogP contribution >= 0.6 is 0 Å². The molecule has 1 heterocycles. The largest absolute Gasteiger partial charge is 0.368 e. The van der Waals surface area contributed by atoms with E-state index < -0.39 is 10.0 Å². The highest BCUT2D eigenvalue weighted by molar-refractivity contribution is 7.92. The van der Waals surface area contributed by atoms with E-state index in [1.165, 1.54) is 34.7 Å². The topological polar surface area (TPSA) is 60.9 Å². The average molecular weight is 464 g/mol. The zero-order valence-corrected chi connectivity index (χ0v) is 20.0. The first-order valence-electron chi connectivity index (χ1n) is 11.0. The number of sulfonamides is 1. The second kappa shape index (κ2) is 9.27. The van der Waals surface area contributed by atoms with Crippen LogP contribution in [0.4, 0.5) is 11.4 Å². The van der Waals surface area contributed by atoms with Crippen LogP contribution in [0.25, 0.3) is 0 Å². The minimum absolute atomic E-state index is 0.106. The Bertz CT molecular complexity index is 1250. The smallest absolute Gasteiger partial charge is 0.264 e. The summed E-state index contributed by atoms with van der Waals surface area (Å²) in [4.78, 5) is 17.4. The van der Waals surface area contributed by atoms with Crippen molar-refractivity contribution in [3.05, 3.63) is 89.5 Å². The molecule has 1 saturated heterocycles. The van der Waals surface area contributed by atoms with Gasteiger partial charge in [0.2, 0.25) is 0 Å². The fourth-order valence-electron chi connectivity index (χ4n) is 4.09. The molecule has 3 aromatic rings. The van der Waals surface area contributed by atoms with E-state index in [9.17, 15) is 13.2 Å². The molecule has 0 unspecified atom stereocenters. The highest BCUT2D eigenvalue weighted by Crippen LogP contribution is 2.24. The molecule has 7 heteroatoms. The summed E-state index contributed by atoms with van der Waals surface area (Å²) in [6.45, 7) is 6.71. The van der Waals surface area contributed by atoms with Crippen molar-refractivity contribution in [1.29, 1.82) is 0 Å². The predicted molar refractivity (Wildman–Crippen MR) is 133 cm³/mol.